The molecule has 3 aromatic rings. The SMILES string of the molecule is Cc1nn(S(=O)(=O)c2ccccc2)c(/C=C/Nc2ccc(Cl)cc2)c1[N+](=O)[O-]. The smallest absolute Gasteiger partial charge is 0.318 e. The summed E-state index contributed by atoms with van der Waals surface area (Å²) in [7, 11) is -4.10. The monoisotopic (exact) mass is 418 g/mol. The molecule has 0 saturated heterocycles. The number of nitro groups is 1. The molecule has 1 N–H and O–H groups in total. The first-order valence-corrected chi connectivity index (χ1v) is 9.86. The Labute approximate surface area is 166 Å². The second-order valence-corrected chi connectivity index (χ2v) is 7.93. The number of rotatable bonds is 6. The Bertz CT molecular complexity index is 1140. The lowest BCUT2D eigenvalue weighted by Crippen LogP contribution is -2.16. The van der Waals surface area contributed by atoms with Crippen LogP contribution in [0.15, 0.2) is 65.7 Å². The molecule has 0 aliphatic carbocycles. The van der Waals surface area contributed by atoms with E-state index in [-0.39, 0.29) is 22.0 Å². The first-order chi connectivity index (χ1) is 13.3. The van der Waals surface area contributed by atoms with Gasteiger partial charge in [0.2, 0.25) is 0 Å². The highest BCUT2D eigenvalue weighted by Crippen LogP contribution is 2.28. The maximum atomic E-state index is 12.9. The Morgan fingerprint density at radius 2 is 1.79 bits per heavy atom. The Hall–Kier alpha value is -3.17. The van der Waals surface area contributed by atoms with Crippen LogP contribution in [0.5, 0.6) is 0 Å². The Kier molecular flexibility index (Phi) is 5.48. The van der Waals surface area contributed by atoms with Crippen LogP contribution in [0.25, 0.3) is 6.08 Å². The summed E-state index contributed by atoms with van der Waals surface area (Å²) in [5.74, 6) is 0. The van der Waals surface area contributed by atoms with Crippen molar-refractivity contribution in [3.63, 3.8) is 0 Å². The van der Waals surface area contributed by atoms with E-state index in [1.165, 1.54) is 31.3 Å². The highest BCUT2D eigenvalue weighted by molar-refractivity contribution is 7.89. The fourth-order valence-electron chi connectivity index (χ4n) is 2.52. The van der Waals surface area contributed by atoms with Gasteiger partial charge < -0.3 is 5.32 Å². The van der Waals surface area contributed by atoms with Gasteiger partial charge in [0, 0.05) is 16.9 Å². The van der Waals surface area contributed by atoms with E-state index in [9.17, 15) is 18.5 Å². The molecule has 3 rings (SSSR count). The molecule has 144 valence electrons. The summed E-state index contributed by atoms with van der Waals surface area (Å²) in [5, 5.41) is 18.9. The number of aromatic nitrogens is 2. The van der Waals surface area contributed by atoms with Crippen molar-refractivity contribution in [1.29, 1.82) is 0 Å². The van der Waals surface area contributed by atoms with E-state index in [0.717, 1.165) is 0 Å². The molecule has 1 aromatic heterocycles. The van der Waals surface area contributed by atoms with Gasteiger partial charge in [-0.25, -0.2) is 0 Å². The lowest BCUT2D eigenvalue weighted by molar-refractivity contribution is -0.385. The van der Waals surface area contributed by atoms with Crippen molar-refractivity contribution >= 4 is 39.1 Å². The maximum Gasteiger partial charge on any atom is 0.318 e. The molecule has 0 radical (unpaired) electrons. The second kappa shape index (κ2) is 7.83. The molecule has 0 unspecified atom stereocenters. The van der Waals surface area contributed by atoms with Gasteiger partial charge in [0.05, 0.1) is 9.82 Å². The summed E-state index contributed by atoms with van der Waals surface area (Å²) in [6.07, 6.45) is 2.71. The lowest BCUT2D eigenvalue weighted by atomic mass is 10.3. The van der Waals surface area contributed by atoms with E-state index in [1.807, 2.05) is 0 Å². The zero-order valence-corrected chi connectivity index (χ0v) is 16.2. The zero-order valence-electron chi connectivity index (χ0n) is 14.6. The second-order valence-electron chi connectivity index (χ2n) is 5.72. The molecule has 0 atom stereocenters. The maximum absolute atomic E-state index is 12.9. The van der Waals surface area contributed by atoms with Crippen LogP contribution in [0.2, 0.25) is 5.02 Å². The van der Waals surface area contributed by atoms with Gasteiger partial charge in [-0.2, -0.15) is 13.5 Å². The fraction of sp³-hybridized carbons (Fsp3) is 0.0556. The summed E-state index contributed by atoms with van der Waals surface area (Å²) >= 11 is 5.83. The molecule has 8 nitrogen and oxygen atoms in total. The minimum atomic E-state index is -4.10. The van der Waals surface area contributed by atoms with Crippen LogP contribution in [0.4, 0.5) is 11.4 Å². The van der Waals surface area contributed by atoms with E-state index in [1.54, 1.807) is 42.5 Å². The number of halogens is 1. The highest BCUT2D eigenvalue weighted by atomic mass is 35.5. The summed E-state index contributed by atoms with van der Waals surface area (Å²) in [4.78, 5) is 10.8. The van der Waals surface area contributed by atoms with Crippen molar-refractivity contribution in [3.8, 4) is 0 Å². The van der Waals surface area contributed by atoms with Gasteiger partial charge in [-0.1, -0.05) is 29.8 Å². The van der Waals surface area contributed by atoms with Crippen molar-refractivity contribution in [2.24, 2.45) is 0 Å². The molecule has 0 amide bonds. The predicted molar refractivity (Wildman–Crippen MR) is 107 cm³/mol. The molecule has 10 heteroatoms. The molecule has 0 aliphatic heterocycles. The van der Waals surface area contributed by atoms with Crippen molar-refractivity contribution in [1.82, 2.24) is 9.19 Å². The van der Waals surface area contributed by atoms with Crippen LogP contribution < -0.4 is 5.32 Å². The quantitative estimate of drug-likeness (QED) is 0.477. The Balaban J connectivity index is 2.05. The first kappa shape index (κ1) is 19.6. The van der Waals surface area contributed by atoms with Gasteiger partial charge in [0.1, 0.15) is 5.69 Å². The number of hydrogen-bond donors (Lipinski definition) is 1. The Morgan fingerprint density at radius 1 is 1.14 bits per heavy atom. The van der Waals surface area contributed by atoms with E-state index >= 15 is 0 Å². The highest BCUT2D eigenvalue weighted by Gasteiger charge is 2.30. The predicted octanol–water partition coefficient (Wildman–Crippen LogP) is 4.07. The van der Waals surface area contributed by atoms with Crippen LogP contribution in [0, 0.1) is 17.0 Å². The molecule has 0 saturated carbocycles. The van der Waals surface area contributed by atoms with Crippen molar-refractivity contribution in [2.45, 2.75) is 11.8 Å². The summed E-state index contributed by atoms with van der Waals surface area (Å²) < 4.78 is 26.5. The Morgan fingerprint density at radius 3 is 2.39 bits per heavy atom. The van der Waals surface area contributed by atoms with Crippen LogP contribution in [0.1, 0.15) is 11.4 Å². The molecular formula is C18H15ClN4O4S. The third kappa shape index (κ3) is 3.90. The van der Waals surface area contributed by atoms with E-state index < -0.39 is 14.9 Å². The third-order valence-corrected chi connectivity index (χ3v) is 5.67. The molecule has 0 bridgehead atoms. The number of aryl methyl sites for hydroxylation is 1. The topological polar surface area (TPSA) is 107 Å². The molecule has 0 fully saturated rings. The van der Waals surface area contributed by atoms with E-state index in [4.69, 9.17) is 11.6 Å². The third-order valence-electron chi connectivity index (χ3n) is 3.82. The zero-order chi connectivity index (χ0) is 20.3. The van der Waals surface area contributed by atoms with Crippen molar-refractivity contribution in [3.05, 3.63) is 87.3 Å². The summed E-state index contributed by atoms with van der Waals surface area (Å²) in [6, 6.07) is 14.4. The van der Waals surface area contributed by atoms with Gasteiger partial charge in [0.15, 0.2) is 5.69 Å². The minimum Gasteiger partial charge on any atom is -0.362 e. The van der Waals surface area contributed by atoms with Crippen molar-refractivity contribution in [2.75, 3.05) is 5.32 Å². The van der Waals surface area contributed by atoms with Gasteiger partial charge >= 0.3 is 5.69 Å². The number of benzene rings is 2. The first-order valence-electron chi connectivity index (χ1n) is 8.04. The summed E-state index contributed by atoms with van der Waals surface area (Å²) in [6.45, 7) is 1.39. The number of nitrogens with one attached hydrogen (secondary N) is 1. The van der Waals surface area contributed by atoms with Crippen LogP contribution in [-0.2, 0) is 10.0 Å². The van der Waals surface area contributed by atoms with Gasteiger partial charge in [-0.3, -0.25) is 10.1 Å². The summed E-state index contributed by atoms with van der Waals surface area (Å²) in [5.41, 5.74) is 0.133. The minimum absolute atomic E-state index is 0.00403. The molecule has 28 heavy (non-hydrogen) atoms. The molecule has 0 spiro atoms. The van der Waals surface area contributed by atoms with Gasteiger partial charge in [-0.15, -0.1) is 4.09 Å². The fourth-order valence-corrected chi connectivity index (χ4v) is 3.98. The van der Waals surface area contributed by atoms with Crippen LogP contribution in [-0.4, -0.2) is 22.5 Å². The molecule has 1 heterocycles. The number of hydrogen-bond acceptors (Lipinski definition) is 6. The molecule has 2 aromatic carbocycles. The average molecular weight is 419 g/mol. The van der Waals surface area contributed by atoms with Gasteiger partial charge in [-0.05, 0) is 49.4 Å². The average Bonchev–Trinajstić information content (AvgIpc) is 3.01. The van der Waals surface area contributed by atoms with Crippen LogP contribution in [0.3, 0.4) is 0 Å². The van der Waals surface area contributed by atoms with E-state index in [0.29, 0.717) is 14.8 Å². The van der Waals surface area contributed by atoms with Crippen molar-refractivity contribution < 1.29 is 13.3 Å². The lowest BCUT2D eigenvalue weighted by Gasteiger charge is -2.06. The van der Waals surface area contributed by atoms with E-state index in [2.05, 4.69) is 10.4 Å². The standard InChI is InChI=1S/C18H15ClN4O4S/c1-13-18(23(24)25)17(11-12-20-15-9-7-14(19)8-10-15)22(21-13)28(26,27)16-5-3-2-4-6-16/h2-12,20H,1H3/b12-11+. The number of anilines is 1. The number of nitrogens with zero attached hydrogens (tertiary/aromatic N) is 3. The molecular weight excluding hydrogens is 404 g/mol. The normalized spacial score (nSPS) is 11.6. The van der Waals surface area contributed by atoms with Gasteiger partial charge in [0.25, 0.3) is 10.0 Å². The largest absolute Gasteiger partial charge is 0.362 e. The molecule has 0 aliphatic rings. The van der Waals surface area contributed by atoms with Crippen LogP contribution >= 0.6 is 11.6 Å².